The number of anilines is 3. The fraction of sp³-hybridized carbons (Fsp3) is 0. The third kappa shape index (κ3) is 1.22. The average Bonchev–Trinajstić information content (AvgIpc) is 2.66. The van der Waals surface area contributed by atoms with Crippen LogP contribution >= 0.6 is 0 Å². The van der Waals surface area contributed by atoms with Gasteiger partial charge in [-0.3, -0.25) is 4.90 Å². The van der Waals surface area contributed by atoms with E-state index in [1.165, 1.54) is 0 Å². The van der Waals surface area contributed by atoms with Gasteiger partial charge in [0.25, 0.3) is 0 Å². The Morgan fingerprint density at radius 2 is 1.81 bits per heavy atom. The van der Waals surface area contributed by atoms with Gasteiger partial charge in [0.1, 0.15) is 5.82 Å². The van der Waals surface area contributed by atoms with Gasteiger partial charge in [0.05, 0.1) is 5.69 Å². The lowest BCUT2D eigenvalue weighted by atomic mass is 10.4. The highest BCUT2D eigenvalue weighted by molar-refractivity contribution is 5.82. The molecule has 0 amide bonds. The van der Waals surface area contributed by atoms with Gasteiger partial charge in [-0.15, -0.1) is 0 Å². The topological polar surface area (TPSA) is 53.9 Å². The van der Waals surface area contributed by atoms with Crippen molar-refractivity contribution >= 4 is 17.5 Å². The summed E-state index contributed by atoms with van der Waals surface area (Å²) in [7, 11) is 0. The summed E-state index contributed by atoms with van der Waals surface area (Å²) >= 11 is 0. The van der Waals surface area contributed by atoms with E-state index in [9.17, 15) is 0 Å². The van der Waals surface area contributed by atoms with Gasteiger partial charge in [-0.1, -0.05) is 6.58 Å². The zero-order valence-corrected chi connectivity index (χ0v) is 8.46. The van der Waals surface area contributed by atoms with Crippen molar-refractivity contribution in [3.8, 4) is 0 Å². The van der Waals surface area contributed by atoms with Crippen molar-refractivity contribution in [3.05, 3.63) is 49.2 Å². The lowest BCUT2D eigenvalue weighted by molar-refractivity contribution is 1.06. The molecule has 0 saturated heterocycles. The normalized spacial score (nSPS) is 13.5. The third-order valence-corrected chi connectivity index (χ3v) is 2.31. The Morgan fingerprint density at radius 3 is 2.62 bits per heavy atom. The Balaban J connectivity index is 2.13. The van der Waals surface area contributed by atoms with Gasteiger partial charge < -0.3 is 5.32 Å². The lowest BCUT2D eigenvalue weighted by Crippen LogP contribution is -2.15. The number of pyridine rings is 1. The molecule has 3 rings (SSSR count). The van der Waals surface area contributed by atoms with Gasteiger partial charge in [-0.05, 0) is 18.2 Å². The molecule has 0 unspecified atom stereocenters. The quantitative estimate of drug-likeness (QED) is 0.780. The van der Waals surface area contributed by atoms with Crippen molar-refractivity contribution in [1.29, 1.82) is 0 Å². The maximum Gasteiger partial charge on any atom is 0.235 e. The molecule has 2 aromatic rings. The molecule has 1 aliphatic heterocycles. The van der Waals surface area contributed by atoms with E-state index in [1.54, 1.807) is 24.7 Å². The van der Waals surface area contributed by atoms with E-state index in [0.29, 0.717) is 11.8 Å². The number of hydrogen-bond donors (Lipinski definition) is 1. The first-order valence-corrected chi connectivity index (χ1v) is 4.84. The molecule has 0 atom stereocenters. The van der Waals surface area contributed by atoms with Crippen LogP contribution in [0.3, 0.4) is 0 Å². The molecule has 0 aliphatic carbocycles. The minimum absolute atomic E-state index is 0.590. The summed E-state index contributed by atoms with van der Waals surface area (Å²) < 4.78 is 0. The average molecular weight is 211 g/mol. The van der Waals surface area contributed by atoms with Crippen LogP contribution in [-0.4, -0.2) is 15.0 Å². The summed E-state index contributed by atoms with van der Waals surface area (Å²) in [5.74, 6) is 2.08. The SMILES string of the molecule is C=C1Nc2ncccc2N1c1ncccn1. The van der Waals surface area contributed by atoms with E-state index in [4.69, 9.17) is 0 Å². The number of hydrogen-bond acceptors (Lipinski definition) is 5. The number of fused-ring (bicyclic) bond motifs is 1. The Morgan fingerprint density at radius 1 is 1.06 bits per heavy atom. The predicted molar refractivity (Wildman–Crippen MR) is 61.2 cm³/mol. The molecule has 78 valence electrons. The minimum atomic E-state index is 0.590. The van der Waals surface area contributed by atoms with Crippen LogP contribution < -0.4 is 10.2 Å². The van der Waals surface area contributed by atoms with Crippen molar-refractivity contribution in [3.63, 3.8) is 0 Å². The molecule has 0 spiro atoms. The van der Waals surface area contributed by atoms with E-state index in [-0.39, 0.29) is 0 Å². The first-order valence-electron chi connectivity index (χ1n) is 4.84. The summed E-state index contributed by atoms with van der Waals surface area (Å²) in [6.07, 6.45) is 5.13. The van der Waals surface area contributed by atoms with Crippen LogP contribution in [0.5, 0.6) is 0 Å². The fourth-order valence-corrected chi connectivity index (χ4v) is 1.65. The Bertz CT molecular complexity index is 537. The van der Waals surface area contributed by atoms with Crippen LogP contribution in [-0.2, 0) is 0 Å². The summed E-state index contributed by atoms with van der Waals surface area (Å²) in [6, 6.07) is 5.60. The van der Waals surface area contributed by atoms with Crippen molar-refractivity contribution in [2.75, 3.05) is 10.2 Å². The van der Waals surface area contributed by atoms with Gasteiger partial charge >= 0.3 is 0 Å². The summed E-state index contributed by atoms with van der Waals surface area (Å²) in [5, 5.41) is 3.09. The summed E-state index contributed by atoms with van der Waals surface area (Å²) in [6.45, 7) is 3.92. The lowest BCUT2D eigenvalue weighted by Gasteiger charge is -2.15. The van der Waals surface area contributed by atoms with Crippen LogP contribution in [0.1, 0.15) is 0 Å². The molecule has 5 nitrogen and oxygen atoms in total. The zero-order valence-electron chi connectivity index (χ0n) is 8.46. The van der Waals surface area contributed by atoms with E-state index in [1.807, 2.05) is 17.0 Å². The number of rotatable bonds is 1. The van der Waals surface area contributed by atoms with E-state index in [2.05, 4.69) is 26.8 Å². The molecular formula is C11H9N5. The molecule has 0 radical (unpaired) electrons. The maximum atomic E-state index is 4.22. The predicted octanol–water partition coefficient (Wildman–Crippen LogP) is 1.91. The van der Waals surface area contributed by atoms with Gasteiger partial charge in [0.2, 0.25) is 5.95 Å². The number of nitrogens with one attached hydrogen (secondary N) is 1. The highest BCUT2D eigenvalue weighted by Gasteiger charge is 2.25. The van der Waals surface area contributed by atoms with Crippen molar-refractivity contribution < 1.29 is 0 Å². The monoisotopic (exact) mass is 211 g/mol. The fourth-order valence-electron chi connectivity index (χ4n) is 1.65. The molecule has 0 saturated carbocycles. The van der Waals surface area contributed by atoms with Gasteiger partial charge in [0, 0.05) is 18.6 Å². The molecule has 1 aliphatic rings. The first kappa shape index (κ1) is 8.84. The molecule has 0 bridgehead atoms. The second-order valence-corrected chi connectivity index (χ2v) is 3.33. The molecule has 2 aromatic heterocycles. The van der Waals surface area contributed by atoms with Crippen LogP contribution in [0, 0.1) is 0 Å². The minimum Gasteiger partial charge on any atom is -0.325 e. The second kappa shape index (κ2) is 3.30. The van der Waals surface area contributed by atoms with Crippen LogP contribution in [0.25, 0.3) is 0 Å². The molecule has 0 fully saturated rings. The smallest absolute Gasteiger partial charge is 0.235 e. The summed E-state index contributed by atoms with van der Waals surface area (Å²) in [5.41, 5.74) is 0.915. The molecule has 3 heterocycles. The Hall–Kier alpha value is -2.43. The first-order chi connectivity index (χ1) is 7.86. The van der Waals surface area contributed by atoms with Crippen molar-refractivity contribution in [2.45, 2.75) is 0 Å². The highest BCUT2D eigenvalue weighted by Crippen LogP contribution is 2.37. The maximum absolute atomic E-state index is 4.22. The molecule has 0 aromatic carbocycles. The van der Waals surface area contributed by atoms with E-state index in [0.717, 1.165) is 11.5 Å². The number of nitrogens with zero attached hydrogens (tertiary/aromatic N) is 4. The largest absolute Gasteiger partial charge is 0.325 e. The van der Waals surface area contributed by atoms with Crippen molar-refractivity contribution in [2.24, 2.45) is 0 Å². The van der Waals surface area contributed by atoms with Crippen molar-refractivity contribution in [1.82, 2.24) is 15.0 Å². The van der Waals surface area contributed by atoms with E-state index >= 15 is 0 Å². The second-order valence-electron chi connectivity index (χ2n) is 3.33. The Kier molecular flexibility index (Phi) is 1.83. The van der Waals surface area contributed by atoms with Gasteiger partial charge in [0.15, 0.2) is 5.82 Å². The molecule has 1 N–H and O–H groups in total. The number of aromatic nitrogens is 3. The Labute approximate surface area is 92.5 Å². The summed E-state index contributed by atoms with van der Waals surface area (Å²) in [4.78, 5) is 14.4. The standard InChI is InChI=1S/C11H9N5/c1-8-15-10-9(4-2-5-12-10)16(8)11-13-6-3-7-14-11/h2-7H,1H2,(H,12,15). The zero-order chi connectivity index (χ0) is 11.0. The van der Waals surface area contributed by atoms with Crippen LogP contribution in [0.2, 0.25) is 0 Å². The molecule has 16 heavy (non-hydrogen) atoms. The van der Waals surface area contributed by atoms with E-state index < -0.39 is 0 Å². The molecule has 5 heteroatoms. The van der Waals surface area contributed by atoms with Crippen LogP contribution in [0.15, 0.2) is 49.2 Å². The highest BCUT2D eigenvalue weighted by atomic mass is 15.4. The van der Waals surface area contributed by atoms with Gasteiger partial charge in [-0.25, -0.2) is 15.0 Å². The van der Waals surface area contributed by atoms with Gasteiger partial charge in [-0.2, -0.15) is 0 Å². The molecular weight excluding hydrogens is 202 g/mol. The third-order valence-electron chi connectivity index (χ3n) is 2.31. The van der Waals surface area contributed by atoms with Crippen LogP contribution in [0.4, 0.5) is 17.5 Å².